The zero-order valence-corrected chi connectivity index (χ0v) is 14.5. The number of carbonyl (C=O) groups is 2. The largest absolute Gasteiger partial charge is 0.289 e. The number of nitrogens with zero attached hydrogens (tertiary/aromatic N) is 1. The molecule has 2 heterocycles. The third-order valence-electron chi connectivity index (χ3n) is 3.42. The first-order valence-corrected chi connectivity index (χ1v) is 9.17. The smallest absolute Gasteiger partial charge is 0.267 e. The monoisotopic (exact) mass is 357 g/mol. The van der Waals surface area contributed by atoms with Gasteiger partial charge in [0.2, 0.25) is 0 Å². The summed E-state index contributed by atoms with van der Waals surface area (Å²) in [5.74, 6) is -0.790. The van der Waals surface area contributed by atoms with Crippen molar-refractivity contribution in [2.24, 2.45) is 0 Å². The quantitative estimate of drug-likeness (QED) is 0.702. The fourth-order valence-corrected chi connectivity index (χ4v) is 3.48. The van der Waals surface area contributed by atoms with Gasteiger partial charge in [-0.15, -0.1) is 11.3 Å². The molecule has 3 rings (SSSR count). The first-order valence-electron chi connectivity index (χ1n) is 7.35. The molecule has 0 aliphatic carbocycles. The fraction of sp³-hybridized carbons (Fsp3) is 0.118. The lowest BCUT2D eigenvalue weighted by Crippen LogP contribution is -2.41. The lowest BCUT2D eigenvalue weighted by molar-refractivity contribution is 0.0844. The molecule has 5 nitrogen and oxygen atoms in total. The molecule has 2 amide bonds. The van der Waals surface area contributed by atoms with Crippen molar-refractivity contribution in [1.29, 1.82) is 0 Å². The van der Waals surface area contributed by atoms with Crippen molar-refractivity contribution in [3.8, 4) is 10.6 Å². The van der Waals surface area contributed by atoms with Gasteiger partial charge >= 0.3 is 0 Å². The van der Waals surface area contributed by atoms with Gasteiger partial charge in [-0.2, -0.15) is 11.3 Å². The topological polar surface area (TPSA) is 71.1 Å². The predicted molar refractivity (Wildman–Crippen MR) is 96.2 cm³/mol. The van der Waals surface area contributed by atoms with E-state index in [2.05, 4.69) is 34.9 Å². The third-order valence-corrected chi connectivity index (χ3v) is 4.99. The van der Waals surface area contributed by atoms with E-state index in [1.807, 2.05) is 12.1 Å². The fourth-order valence-electron chi connectivity index (χ4n) is 2.04. The van der Waals surface area contributed by atoms with Crippen LogP contribution in [0.2, 0.25) is 0 Å². The van der Waals surface area contributed by atoms with Crippen molar-refractivity contribution in [3.63, 3.8) is 0 Å². The Morgan fingerprint density at radius 2 is 1.79 bits per heavy atom. The number of hydrogen-bond donors (Lipinski definition) is 2. The number of thiazole rings is 1. The Kier molecular flexibility index (Phi) is 5.02. The van der Waals surface area contributed by atoms with Crippen molar-refractivity contribution in [1.82, 2.24) is 15.8 Å². The molecule has 3 aromatic rings. The average Bonchev–Trinajstić information content (AvgIpc) is 3.31. The molecule has 0 aliphatic rings. The van der Waals surface area contributed by atoms with Crippen LogP contribution in [0.1, 0.15) is 33.3 Å². The van der Waals surface area contributed by atoms with Crippen molar-refractivity contribution < 1.29 is 9.59 Å². The zero-order valence-electron chi connectivity index (χ0n) is 12.9. The van der Waals surface area contributed by atoms with Gasteiger partial charge in [0.1, 0.15) is 10.7 Å². The molecule has 0 unspecified atom stereocenters. The maximum absolute atomic E-state index is 12.1. The number of nitrogens with one attached hydrogen (secondary N) is 2. The molecule has 0 fully saturated rings. The molecule has 0 aliphatic heterocycles. The maximum atomic E-state index is 12.1. The molecule has 2 N–H and O–H groups in total. The summed E-state index contributed by atoms with van der Waals surface area (Å²) in [6.45, 7) is 2.10. The van der Waals surface area contributed by atoms with Crippen LogP contribution in [0, 0.1) is 0 Å². The van der Waals surface area contributed by atoms with Crippen LogP contribution in [-0.2, 0) is 6.42 Å². The number of aryl methyl sites for hydroxylation is 1. The standard InChI is InChI=1S/C17H15N3O2S2/c1-2-11-3-5-12(6-4-11)17-18-14(10-24-17)16(22)20-19-15(21)13-7-8-23-9-13/h3-10H,2H2,1H3,(H,19,21)(H,20,22). The summed E-state index contributed by atoms with van der Waals surface area (Å²) in [7, 11) is 0. The predicted octanol–water partition coefficient (Wildman–Crippen LogP) is 3.51. The van der Waals surface area contributed by atoms with E-state index in [1.165, 1.54) is 28.2 Å². The minimum atomic E-state index is -0.439. The van der Waals surface area contributed by atoms with Crippen LogP contribution in [0.3, 0.4) is 0 Å². The summed E-state index contributed by atoms with van der Waals surface area (Å²) in [6.07, 6.45) is 0.982. The van der Waals surface area contributed by atoms with E-state index in [0.29, 0.717) is 5.56 Å². The summed E-state index contributed by atoms with van der Waals surface area (Å²) in [5, 5.41) is 5.96. The van der Waals surface area contributed by atoms with Crippen molar-refractivity contribution in [3.05, 3.63) is 63.3 Å². The van der Waals surface area contributed by atoms with Gasteiger partial charge < -0.3 is 0 Å². The third kappa shape index (κ3) is 3.69. The highest BCUT2D eigenvalue weighted by atomic mass is 32.1. The Morgan fingerprint density at radius 3 is 2.46 bits per heavy atom. The van der Waals surface area contributed by atoms with Crippen LogP contribution >= 0.6 is 22.7 Å². The number of aromatic nitrogens is 1. The second-order valence-corrected chi connectivity index (χ2v) is 6.65. The Morgan fingerprint density at radius 1 is 1.04 bits per heavy atom. The Balaban J connectivity index is 1.64. The van der Waals surface area contributed by atoms with Gasteiger partial charge in [-0.3, -0.25) is 20.4 Å². The van der Waals surface area contributed by atoms with Gasteiger partial charge in [-0.05, 0) is 23.4 Å². The number of hydrazine groups is 1. The average molecular weight is 357 g/mol. The molecule has 0 spiro atoms. The first kappa shape index (κ1) is 16.4. The highest BCUT2D eigenvalue weighted by Crippen LogP contribution is 2.24. The molecule has 24 heavy (non-hydrogen) atoms. The van der Waals surface area contributed by atoms with E-state index in [0.717, 1.165) is 17.0 Å². The first-order chi connectivity index (χ1) is 11.7. The van der Waals surface area contributed by atoms with Crippen molar-refractivity contribution in [2.45, 2.75) is 13.3 Å². The van der Waals surface area contributed by atoms with Gasteiger partial charge in [0.15, 0.2) is 0 Å². The van der Waals surface area contributed by atoms with Crippen LogP contribution in [0.4, 0.5) is 0 Å². The zero-order chi connectivity index (χ0) is 16.9. The van der Waals surface area contributed by atoms with Gasteiger partial charge in [0.25, 0.3) is 11.8 Å². The number of amides is 2. The second kappa shape index (κ2) is 7.37. The summed E-state index contributed by atoms with van der Waals surface area (Å²) in [6, 6.07) is 9.79. The number of benzene rings is 1. The number of rotatable bonds is 4. The molecule has 7 heteroatoms. The van der Waals surface area contributed by atoms with Gasteiger partial charge in [-0.1, -0.05) is 31.2 Å². The summed E-state index contributed by atoms with van der Waals surface area (Å²) in [5.41, 5.74) is 7.77. The SMILES string of the molecule is CCc1ccc(-c2nc(C(=O)NNC(=O)c3ccsc3)cs2)cc1. The van der Waals surface area contributed by atoms with E-state index in [-0.39, 0.29) is 11.6 Å². The van der Waals surface area contributed by atoms with Gasteiger partial charge in [0.05, 0.1) is 5.56 Å². The highest BCUT2D eigenvalue weighted by Gasteiger charge is 2.13. The minimum absolute atomic E-state index is 0.278. The van der Waals surface area contributed by atoms with E-state index in [4.69, 9.17) is 0 Å². The Labute approximate surface area is 147 Å². The maximum Gasteiger partial charge on any atom is 0.289 e. The molecule has 0 saturated heterocycles. The van der Waals surface area contributed by atoms with Crippen LogP contribution < -0.4 is 10.9 Å². The molecule has 0 radical (unpaired) electrons. The van der Waals surface area contributed by atoms with E-state index >= 15 is 0 Å². The molecule has 2 aromatic heterocycles. The van der Waals surface area contributed by atoms with Crippen LogP contribution in [0.5, 0.6) is 0 Å². The number of carbonyl (C=O) groups excluding carboxylic acids is 2. The number of thiophene rings is 1. The second-order valence-electron chi connectivity index (χ2n) is 5.01. The molecule has 0 saturated carbocycles. The van der Waals surface area contributed by atoms with Gasteiger partial charge in [0, 0.05) is 16.3 Å². The van der Waals surface area contributed by atoms with Crippen LogP contribution in [0.25, 0.3) is 10.6 Å². The highest BCUT2D eigenvalue weighted by molar-refractivity contribution is 7.13. The lowest BCUT2D eigenvalue weighted by atomic mass is 10.1. The molecule has 122 valence electrons. The summed E-state index contributed by atoms with van der Waals surface area (Å²) < 4.78 is 0. The van der Waals surface area contributed by atoms with Gasteiger partial charge in [-0.25, -0.2) is 4.98 Å². The number of hydrogen-bond acceptors (Lipinski definition) is 5. The Bertz CT molecular complexity index is 839. The lowest BCUT2D eigenvalue weighted by Gasteiger charge is -2.04. The van der Waals surface area contributed by atoms with Crippen molar-refractivity contribution in [2.75, 3.05) is 0 Å². The summed E-state index contributed by atoms with van der Waals surface area (Å²) in [4.78, 5) is 28.2. The molecule has 1 aromatic carbocycles. The summed E-state index contributed by atoms with van der Waals surface area (Å²) >= 11 is 2.81. The van der Waals surface area contributed by atoms with E-state index in [1.54, 1.807) is 22.2 Å². The molecule has 0 atom stereocenters. The Hall–Kier alpha value is -2.51. The van der Waals surface area contributed by atoms with Crippen molar-refractivity contribution >= 4 is 34.5 Å². The van der Waals surface area contributed by atoms with E-state index in [9.17, 15) is 9.59 Å². The minimum Gasteiger partial charge on any atom is -0.267 e. The molecule has 0 bridgehead atoms. The molecular formula is C17H15N3O2S2. The molecular weight excluding hydrogens is 342 g/mol. The van der Waals surface area contributed by atoms with Crippen LogP contribution in [0.15, 0.2) is 46.5 Å². The van der Waals surface area contributed by atoms with E-state index < -0.39 is 5.91 Å². The van der Waals surface area contributed by atoms with Crippen LogP contribution in [-0.4, -0.2) is 16.8 Å². The normalized spacial score (nSPS) is 10.4.